The van der Waals surface area contributed by atoms with E-state index in [9.17, 15) is 0 Å². The van der Waals surface area contributed by atoms with Crippen LogP contribution >= 0.6 is 11.3 Å². The second kappa shape index (κ2) is 12.1. The molecule has 0 aliphatic carbocycles. The van der Waals surface area contributed by atoms with Crippen molar-refractivity contribution >= 4 is 53.1 Å². The molecule has 8 aromatic carbocycles. The van der Waals surface area contributed by atoms with E-state index in [1.165, 1.54) is 53.0 Å². The van der Waals surface area contributed by atoms with E-state index < -0.39 is 0 Å². The average Bonchev–Trinajstić information content (AvgIpc) is 3.60. The van der Waals surface area contributed by atoms with Gasteiger partial charge in [0.2, 0.25) is 0 Å². The van der Waals surface area contributed by atoms with Crippen LogP contribution in [0.5, 0.6) is 0 Å². The van der Waals surface area contributed by atoms with Gasteiger partial charge in [-0.3, -0.25) is 0 Å². The normalized spacial score (nSPS) is 11.5. The Morgan fingerprint density at radius 1 is 0.314 bits per heavy atom. The van der Waals surface area contributed by atoms with Crippen LogP contribution in [0.3, 0.4) is 0 Å². The summed E-state index contributed by atoms with van der Waals surface area (Å²) >= 11 is 1.88. The molecule has 238 valence electrons. The molecule has 0 saturated heterocycles. The van der Waals surface area contributed by atoms with Gasteiger partial charge in [-0.05, 0) is 62.0 Å². The molecule has 0 atom stereocenters. The number of rotatable bonds is 5. The van der Waals surface area contributed by atoms with E-state index in [4.69, 9.17) is 15.0 Å². The first-order chi connectivity index (χ1) is 25.2. The summed E-state index contributed by atoms with van der Waals surface area (Å²) in [6.45, 7) is 0. The standard InChI is InChI=1S/C47H29N3S/c1-3-10-30(11-4-1)31-18-20-33(21-19-31)46-48-45(32-12-5-2-6-13-32)49-47(50-46)37-24-25-39-34(29-37)14-9-16-38(39)35-22-26-40-36(28-35)23-27-42-41-15-7-8-17-43(41)51-44(40)42/h1-29H. The molecule has 0 bridgehead atoms. The number of hydrogen-bond donors (Lipinski definition) is 0. The molecule has 0 N–H and O–H groups in total. The molecular formula is C47H29N3S. The van der Waals surface area contributed by atoms with E-state index in [1.807, 2.05) is 47.7 Å². The first-order valence-electron chi connectivity index (χ1n) is 17.1. The van der Waals surface area contributed by atoms with Gasteiger partial charge in [0.25, 0.3) is 0 Å². The number of thiophene rings is 1. The van der Waals surface area contributed by atoms with Crippen LogP contribution in [0.1, 0.15) is 0 Å². The number of aromatic nitrogens is 3. The van der Waals surface area contributed by atoms with Crippen LogP contribution in [0.2, 0.25) is 0 Å². The minimum Gasteiger partial charge on any atom is -0.208 e. The zero-order valence-corrected chi connectivity index (χ0v) is 28.3. The van der Waals surface area contributed by atoms with Crippen LogP contribution in [0, 0.1) is 0 Å². The van der Waals surface area contributed by atoms with Crippen LogP contribution < -0.4 is 0 Å². The van der Waals surface area contributed by atoms with E-state index in [0.29, 0.717) is 17.5 Å². The van der Waals surface area contributed by atoms with E-state index in [2.05, 4.69) is 140 Å². The van der Waals surface area contributed by atoms with Gasteiger partial charge >= 0.3 is 0 Å². The Morgan fingerprint density at radius 3 is 1.63 bits per heavy atom. The summed E-state index contributed by atoms with van der Waals surface area (Å²) < 4.78 is 2.68. The molecule has 0 unspecified atom stereocenters. The first-order valence-corrected chi connectivity index (χ1v) is 17.9. The highest BCUT2D eigenvalue weighted by Gasteiger charge is 2.15. The Labute approximate surface area is 299 Å². The Balaban J connectivity index is 1.06. The topological polar surface area (TPSA) is 38.7 Å². The van der Waals surface area contributed by atoms with E-state index >= 15 is 0 Å². The highest BCUT2D eigenvalue weighted by molar-refractivity contribution is 7.26. The Bertz CT molecular complexity index is 2900. The lowest BCUT2D eigenvalue weighted by Crippen LogP contribution is -2.00. The smallest absolute Gasteiger partial charge is 0.164 e. The Morgan fingerprint density at radius 2 is 0.843 bits per heavy atom. The zero-order valence-electron chi connectivity index (χ0n) is 27.5. The highest BCUT2D eigenvalue weighted by atomic mass is 32.1. The Kier molecular flexibility index (Phi) is 7.00. The van der Waals surface area contributed by atoms with Crippen molar-refractivity contribution < 1.29 is 0 Å². The molecule has 0 aliphatic rings. The van der Waals surface area contributed by atoms with E-state index in [1.54, 1.807) is 0 Å². The number of benzene rings is 8. The van der Waals surface area contributed by atoms with Gasteiger partial charge in [0.1, 0.15) is 0 Å². The highest BCUT2D eigenvalue weighted by Crippen LogP contribution is 2.40. The maximum absolute atomic E-state index is 5.04. The lowest BCUT2D eigenvalue weighted by atomic mass is 9.95. The molecule has 0 saturated carbocycles. The van der Waals surface area contributed by atoms with Crippen LogP contribution in [0.4, 0.5) is 0 Å². The molecule has 0 amide bonds. The van der Waals surface area contributed by atoms with Gasteiger partial charge in [0, 0.05) is 36.9 Å². The monoisotopic (exact) mass is 667 g/mol. The van der Waals surface area contributed by atoms with Crippen LogP contribution in [0.15, 0.2) is 176 Å². The molecule has 0 spiro atoms. The van der Waals surface area contributed by atoms with Gasteiger partial charge in [-0.2, -0.15) is 0 Å². The number of fused-ring (bicyclic) bond motifs is 6. The fraction of sp³-hybridized carbons (Fsp3) is 0. The summed E-state index contributed by atoms with van der Waals surface area (Å²) in [7, 11) is 0. The Hall–Kier alpha value is -6.49. The molecule has 2 heterocycles. The van der Waals surface area contributed by atoms with Gasteiger partial charge < -0.3 is 0 Å². The van der Waals surface area contributed by atoms with Crippen molar-refractivity contribution in [1.82, 2.24) is 15.0 Å². The zero-order chi connectivity index (χ0) is 33.7. The third-order valence-electron chi connectivity index (χ3n) is 9.73. The molecule has 51 heavy (non-hydrogen) atoms. The summed E-state index contributed by atoms with van der Waals surface area (Å²) in [6, 6.07) is 62.2. The third kappa shape index (κ3) is 5.25. The predicted octanol–water partition coefficient (Wildman–Crippen LogP) is 12.9. The molecule has 10 aromatic rings. The fourth-order valence-electron chi connectivity index (χ4n) is 7.15. The molecule has 4 heteroatoms. The SMILES string of the molecule is c1ccc(-c2ccc(-c3nc(-c4ccccc4)nc(-c4ccc5c(-c6ccc7c(ccc8c9ccccc9sc78)c6)cccc5c4)n3)cc2)cc1. The minimum atomic E-state index is 0.649. The van der Waals surface area contributed by atoms with Gasteiger partial charge in [-0.1, -0.05) is 158 Å². The summed E-state index contributed by atoms with van der Waals surface area (Å²) in [5, 5.41) is 7.54. The van der Waals surface area contributed by atoms with E-state index in [-0.39, 0.29) is 0 Å². The maximum Gasteiger partial charge on any atom is 0.164 e. The van der Waals surface area contributed by atoms with Gasteiger partial charge in [-0.15, -0.1) is 11.3 Å². The van der Waals surface area contributed by atoms with Crippen molar-refractivity contribution in [1.29, 1.82) is 0 Å². The van der Waals surface area contributed by atoms with Crippen LogP contribution in [0.25, 0.3) is 98.1 Å². The molecule has 0 fully saturated rings. The molecule has 2 aromatic heterocycles. The molecule has 10 rings (SSSR count). The van der Waals surface area contributed by atoms with Gasteiger partial charge in [0.05, 0.1) is 0 Å². The molecule has 0 radical (unpaired) electrons. The second-order valence-electron chi connectivity index (χ2n) is 12.8. The predicted molar refractivity (Wildman–Crippen MR) is 215 cm³/mol. The number of hydrogen-bond acceptors (Lipinski definition) is 4. The van der Waals surface area contributed by atoms with Crippen molar-refractivity contribution in [3.63, 3.8) is 0 Å². The maximum atomic E-state index is 5.04. The van der Waals surface area contributed by atoms with Crippen molar-refractivity contribution in [2.75, 3.05) is 0 Å². The fourth-order valence-corrected chi connectivity index (χ4v) is 8.38. The summed E-state index contributed by atoms with van der Waals surface area (Å²) in [6.07, 6.45) is 0. The van der Waals surface area contributed by atoms with Crippen LogP contribution in [-0.2, 0) is 0 Å². The second-order valence-corrected chi connectivity index (χ2v) is 13.9. The average molecular weight is 668 g/mol. The lowest BCUT2D eigenvalue weighted by Gasteiger charge is -2.12. The van der Waals surface area contributed by atoms with Gasteiger partial charge in [0.15, 0.2) is 17.5 Å². The van der Waals surface area contributed by atoms with Crippen molar-refractivity contribution in [3.8, 4) is 56.4 Å². The van der Waals surface area contributed by atoms with E-state index in [0.717, 1.165) is 27.6 Å². The molecule has 3 nitrogen and oxygen atoms in total. The van der Waals surface area contributed by atoms with Crippen molar-refractivity contribution in [2.24, 2.45) is 0 Å². The summed E-state index contributed by atoms with van der Waals surface area (Å²) in [5.74, 6) is 1.95. The van der Waals surface area contributed by atoms with Crippen molar-refractivity contribution in [2.45, 2.75) is 0 Å². The summed E-state index contributed by atoms with van der Waals surface area (Å²) in [4.78, 5) is 15.0. The lowest BCUT2D eigenvalue weighted by molar-refractivity contribution is 1.07. The largest absolute Gasteiger partial charge is 0.208 e. The minimum absolute atomic E-state index is 0.649. The van der Waals surface area contributed by atoms with Gasteiger partial charge in [-0.25, -0.2) is 15.0 Å². The quantitative estimate of drug-likeness (QED) is 0.183. The molecular weight excluding hydrogens is 639 g/mol. The van der Waals surface area contributed by atoms with Crippen LogP contribution in [-0.4, -0.2) is 15.0 Å². The first kappa shape index (κ1) is 29.4. The number of nitrogens with zero attached hydrogens (tertiary/aromatic N) is 3. The van der Waals surface area contributed by atoms with Crippen molar-refractivity contribution in [3.05, 3.63) is 176 Å². The molecule has 0 aliphatic heterocycles. The third-order valence-corrected chi connectivity index (χ3v) is 10.9. The summed E-state index contributed by atoms with van der Waals surface area (Å²) in [5.41, 5.74) is 7.59.